The van der Waals surface area contributed by atoms with E-state index in [1.54, 1.807) is 24.0 Å². The number of esters is 1. The van der Waals surface area contributed by atoms with Gasteiger partial charge in [-0.2, -0.15) is 0 Å². The van der Waals surface area contributed by atoms with Crippen molar-refractivity contribution in [2.45, 2.75) is 51.0 Å². The van der Waals surface area contributed by atoms with Crippen LogP contribution in [0.5, 0.6) is 0 Å². The number of nitrogens with two attached hydrogens (primary N) is 1. The zero-order valence-electron chi connectivity index (χ0n) is 21.9. The molecule has 39 heavy (non-hydrogen) atoms. The molecule has 3 amide bonds. The fourth-order valence-corrected chi connectivity index (χ4v) is 3.97. The molecule has 0 bridgehead atoms. The first-order valence-electron chi connectivity index (χ1n) is 12.7. The minimum Gasteiger partial charge on any atom is -0.465 e. The molecular formula is C25H37ClN6O7. The molecule has 5 N–H and O–H groups in total. The summed E-state index contributed by atoms with van der Waals surface area (Å²) in [5.41, 5.74) is 6.30. The summed E-state index contributed by atoms with van der Waals surface area (Å²) in [7, 11) is 0. The molecule has 1 aromatic rings. The molecule has 14 heteroatoms. The number of rotatable bonds is 12. The first kappa shape index (κ1) is 31.6. The maximum atomic E-state index is 13.4. The van der Waals surface area contributed by atoms with Gasteiger partial charge in [0.15, 0.2) is 5.96 Å². The van der Waals surface area contributed by atoms with Crippen LogP contribution in [0.15, 0.2) is 30.3 Å². The van der Waals surface area contributed by atoms with Crippen LogP contribution in [0.25, 0.3) is 0 Å². The van der Waals surface area contributed by atoms with Crippen molar-refractivity contribution in [3.05, 3.63) is 35.9 Å². The third kappa shape index (κ3) is 10.6. The van der Waals surface area contributed by atoms with Crippen LogP contribution in [0.3, 0.4) is 0 Å². The molecule has 13 nitrogen and oxygen atoms in total. The van der Waals surface area contributed by atoms with E-state index in [0.29, 0.717) is 32.5 Å². The highest BCUT2D eigenvalue weighted by Gasteiger charge is 2.39. The van der Waals surface area contributed by atoms with Crippen LogP contribution in [0.1, 0.15) is 31.7 Å². The Labute approximate surface area is 233 Å². The molecule has 1 saturated heterocycles. The number of carbonyl (C=O) groups excluding carboxylic acids is 4. The van der Waals surface area contributed by atoms with E-state index in [1.165, 1.54) is 4.90 Å². The van der Waals surface area contributed by atoms with Crippen LogP contribution >= 0.6 is 12.4 Å². The summed E-state index contributed by atoms with van der Waals surface area (Å²) in [5, 5.41) is 12.8. The van der Waals surface area contributed by atoms with E-state index in [0.717, 1.165) is 5.56 Å². The van der Waals surface area contributed by atoms with Gasteiger partial charge in [0.1, 0.15) is 19.2 Å². The Morgan fingerprint density at radius 2 is 1.92 bits per heavy atom. The average Bonchev–Trinajstić information content (AvgIpc) is 3.75. The minimum absolute atomic E-state index is 0. The molecule has 0 aromatic heterocycles. The van der Waals surface area contributed by atoms with Crippen LogP contribution in [0.4, 0.5) is 4.79 Å². The first-order chi connectivity index (χ1) is 18.3. The van der Waals surface area contributed by atoms with Crippen molar-refractivity contribution in [3.8, 4) is 0 Å². The largest absolute Gasteiger partial charge is 0.465 e. The van der Waals surface area contributed by atoms with Crippen molar-refractivity contribution in [1.29, 1.82) is 5.41 Å². The Bertz CT molecular complexity index is 994. The number of hydrogen-bond acceptors (Lipinski definition) is 8. The van der Waals surface area contributed by atoms with Gasteiger partial charge in [0, 0.05) is 25.7 Å². The predicted molar refractivity (Wildman–Crippen MR) is 143 cm³/mol. The second kappa shape index (κ2) is 15.7. The van der Waals surface area contributed by atoms with Gasteiger partial charge in [0.25, 0.3) is 0 Å². The molecule has 2 atom stereocenters. The van der Waals surface area contributed by atoms with Crippen LogP contribution in [0, 0.1) is 5.41 Å². The number of benzene rings is 1. The normalized spacial score (nSPS) is 17.2. The van der Waals surface area contributed by atoms with Crippen molar-refractivity contribution in [1.82, 2.24) is 20.4 Å². The van der Waals surface area contributed by atoms with E-state index < -0.39 is 29.9 Å². The highest BCUT2D eigenvalue weighted by Crippen LogP contribution is 2.27. The molecule has 216 valence electrons. The molecule has 1 aromatic carbocycles. The van der Waals surface area contributed by atoms with Crippen molar-refractivity contribution in [2.24, 2.45) is 5.73 Å². The lowest BCUT2D eigenvalue weighted by Crippen LogP contribution is -2.54. The molecule has 1 unspecified atom stereocenters. The number of nitrogens with one attached hydrogen (secondary N) is 3. The monoisotopic (exact) mass is 568 g/mol. The van der Waals surface area contributed by atoms with Crippen molar-refractivity contribution in [2.75, 3.05) is 39.4 Å². The molecule has 2 fully saturated rings. The number of carbonyl (C=O) groups is 4. The summed E-state index contributed by atoms with van der Waals surface area (Å²) in [6.07, 6.45) is -0.183. The number of hydrogen-bond donors (Lipinski definition) is 4. The lowest BCUT2D eigenvalue weighted by molar-refractivity contribution is -0.150. The number of guanidine groups is 1. The lowest BCUT2D eigenvalue weighted by atomic mass is 10.1. The van der Waals surface area contributed by atoms with Gasteiger partial charge >= 0.3 is 12.1 Å². The van der Waals surface area contributed by atoms with Crippen molar-refractivity contribution >= 4 is 42.2 Å². The number of halogens is 1. The third-order valence-electron chi connectivity index (χ3n) is 6.07. The second-order valence-corrected chi connectivity index (χ2v) is 9.09. The quantitative estimate of drug-likeness (QED) is 0.157. The topological polar surface area (TPSA) is 176 Å². The van der Waals surface area contributed by atoms with E-state index in [2.05, 4.69) is 10.6 Å². The summed E-state index contributed by atoms with van der Waals surface area (Å²) in [4.78, 5) is 53.9. The Morgan fingerprint density at radius 3 is 2.56 bits per heavy atom. The van der Waals surface area contributed by atoms with Gasteiger partial charge in [0.2, 0.25) is 11.8 Å². The Balaban J connectivity index is 0.00000533. The Kier molecular flexibility index (Phi) is 12.8. The van der Waals surface area contributed by atoms with E-state index in [1.807, 2.05) is 18.2 Å². The van der Waals surface area contributed by atoms with Crippen LogP contribution in [-0.4, -0.2) is 97.2 Å². The van der Waals surface area contributed by atoms with Gasteiger partial charge in [0.05, 0.1) is 25.7 Å². The first-order valence-corrected chi connectivity index (χ1v) is 12.7. The molecule has 1 aliphatic heterocycles. The minimum atomic E-state index is -1.26. The maximum absolute atomic E-state index is 13.4. The number of nitrogens with zero attached hydrogens (tertiary/aromatic N) is 2. The lowest BCUT2D eigenvalue weighted by Gasteiger charge is -2.33. The second-order valence-electron chi connectivity index (χ2n) is 9.09. The van der Waals surface area contributed by atoms with Crippen LogP contribution in [0.2, 0.25) is 0 Å². The van der Waals surface area contributed by atoms with Crippen LogP contribution in [-0.2, 0) is 35.2 Å². The average molecular weight is 569 g/mol. The van der Waals surface area contributed by atoms with Crippen molar-refractivity contribution < 1.29 is 33.4 Å². The van der Waals surface area contributed by atoms with Gasteiger partial charge in [-0.3, -0.25) is 19.8 Å². The third-order valence-corrected chi connectivity index (χ3v) is 6.07. The van der Waals surface area contributed by atoms with Crippen LogP contribution < -0.4 is 16.4 Å². The maximum Gasteiger partial charge on any atom is 0.408 e. The van der Waals surface area contributed by atoms with E-state index in [4.69, 9.17) is 25.4 Å². The van der Waals surface area contributed by atoms with E-state index in [9.17, 15) is 19.2 Å². The predicted octanol–water partition coefficient (Wildman–Crippen LogP) is 0.358. The molecule has 3 rings (SSSR count). The van der Waals surface area contributed by atoms with Gasteiger partial charge < -0.3 is 40.4 Å². The van der Waals surface area contributed by atoms with Crippen molar-refractivity contribution in [3.63, 3.8) is 0 Å². The SMILES string of the molecule is CCOC(=O)CN(C(=O)[C@H](CC(=O)NCC1CN(C(=N)N)CCO1)NC(=O)OCc1ccccc1)C1CC1.Cl. The van der Waals surface area contributed by atoms with Gasteiger partial charge in [-0.25, -0.2) is 4.79 Å². The Hall–Kier alpha value is -3.58. The van der Waals surface area contributed by atoms with E-state index in [-0.39, 0.29) is 63.2 Å². The molecule has 0 spiro atoms. The fraction of sp³-hybridized carbons (Fsp3) is 0.560. The number of morpholine rings is 1. The Morgan fingerprint density at radius 1 is 1.21 bits per heavy atom. The summed E-state index contributed by atoms with van der Waals surface area (Å²) in [5.74, 6) is -1.70. The zero-order chi connectivity index (χ0) is 27.5. The fourth-order valence-electron chi connectivity index (χ4n) is 3.97. The summed E-state index contributed by atoms with van der Waals surface area (Å²) in [6.45, 7) is 2.89. The molecule has 0 radical (unpaired) electrons. The highest BCUT2D eigenvalue weighted by molar-refractivity contribution is 5.93. The molecule has 1 heterocycles. The van der Waals surface area contributed by atoms with Gasteiger partial charge in [-0.05, 0) is 25.3 Å². The summed E-state index contributed by atoms with van der Waals surface area (Å²) >= 11 is 0. The van der Waals surface area contributed by atoms with E-state index >= 15 is 0 Å². The standard InChI is InChI=1S/C25H36N6O7.ClH/c1-2-36-22(33)15-31(18-8-9-18)23(34)20(29-25(35)38-16-17-6-4-3-5-7-17)12-21(32)28-13-19-14-30(24(26)27)10-11-37-19;/h3-7,18-20H,2,8-16H2,1H3,(H3,26,27)(H,28,32)(H,29,35);1H/t19?,20-;/m0./s1. The number of amides is 3. The van der Waals surface area contributed by atoms with Gasteiger partial charge in [-0.15, -0.1) is 12.4 Å². The highest BCUT2D eigenvalue weighted by atomic mass is 35.5. The molecule has 1 aliphatic carbocycles. The number of ether oxygens (including phenoxy) is 3. The van der Waals surface area contributed by atoms with Gasteiger partial charge in [-0.1, -0.05) is 30.3 Å². The molecular weight excluding hydrogens is 532 g/mol. The smallest absolute Gasteiger partial charge is 0.408 e. The molecule has 1 saturated carbocycles. The summed E-state index contributed by atoms with van der Waals surface area (Å²) in [6, 6.07) is 7.62. The molecule has 2 aliphatic rings. The summed E-state index contributed by atoms with van der Waals surface area (Å²) < 4.78 is 15.9. The zero-order valence-corrected chi connectivity index (χ0v) is 22.7. The number of alkyl carbamates (subject to hydrolysis) is 1.